The molecule has 0 radical (unpaired) electrons. The van der Waals surface area contributed by atoms with Crippen LogP contribution in [0.5, 0.6) is 0 Å². The van der Waals surface area contributed by atoms with Crippen LogP contribution in [0.4, 0.5) is 11.4 Å². The molecule has 8 heteroatoms. The molecule has 0 aliphatic carbocycles. The highest BCUT2D eigenvalue weighted by atomic mass is 35.5. The number of nitrogens with one attached hydrogen (secondary N) is 1. The lowest BCUT2D eigenvalue weighted by molar-refractivity contribution is -0.384. The normalized spacial score (nSPS) is 10.4. The Kier molecular flexibility index (Phi) is 10.2. The molecule has 7 nitrogen and oxygen atoms in total. The number of amides is 1. The summed E-state index contributed by atoms with van der Waals surface area (Å²) >= 11 is 0. The van der Waals surface area contributed by atoms with E-state index in [1.165, 1.54) is 17.7 Å². The van der Waals surface area contributed by atoms with Crippen molar-refractivity contribution in [3.8, 4) is 0 Å². The van der Waals surface area contributed by atoms with Gasteiger partial charge in [0.25, 0.3) is 5.69 Å². The number of non-ortho nitro benzene ring substituents is 1. The number of carbonyl (C=O) groups is 1. The number of aryl methyl sites for hydroxylation is 1. The molecule has 3 N–H and O–H groups in total. The van der Waals surface area contributed by atoms with Crippen LogP contribution in [0.2, 0.25) is 0 Å². The number of benzene rings is 2. The first-order valence-electron chi connectivity index (χ1n) is 9.01. The monoisotopic (exact) mass is 406 g/mol. The van der Waals surface area contributed by atoms with E-state index in [1.807, 2.05) is 18.2 Å². The Balaban J connectivity index is 0.00000392. The smallest absolute Gasteiger partial charge is 0.269 e. The first-order valence-corrected chi connectivity index (χ1v) is 9.01. The van der Waals surface area contributed by atoms with Crippen molar-refractivity contribution in [2.75, 3.05) is 31.5 Å². The first kappa shape index (κ1) is 23.6. The minimum absolute atomic E-state index is 0. The predicted octanol–water partition coefficient (Wildman–Crippen LogP) is 3.16. The number of halogens is 1. The Bertz CT molecular complexity index is 771. The number of nitrogens with zero attached hydrogens (tertiary/aromatic N) is 2. The molecule has 0 aliphatic rings. The van der Waals surface area contributed by atoms with Crippen LogP contribution < -0.4 is 11.1 Å². The van der Waals surface area contributed by atoms with Gasteiger partial charge < -0.3 is 16.0 Å². The number of hydrogen-bond donors (Lipinski definition) is 2. The van der Waals surface area contributed by atoms with E-state index in [4.69, 9.17) is 5.73 Å². The van der Waals surface area contributed by atoms with Gasteiger partial charge in [-0.2, -0.15) is 0 Å². The molecule has 28 heavy (non-hydrogen) atoms. The van der Waals surface area contributed by atoms with Gasteiger partial charge in [-0.25, -0.2) is 0 Å². The number of nitro benzene ring substituents is 1. The van der Waals surface area contributed by atoms with Crippen LogP contribution >= 0.6 is 12.4 Å². The lowest BCUT2D eigenvalue weighted by Gasteiger charge is -2.21. The van der Waals surface area contributed by atoms with Gasteiger partial charge in [0.1, 0.15) is 0 Å². The molecule has 2 rings (SSSR count). The van der Waals surface area contributed by atoms with Crippen LogP contribution in [-0.4, -0.2) is 41.9 Å². The van der Waals surface area contributed by atoms with E-state index in [2.05, 4.69) is 22.3 Å². The molecule has 0 aromatic heterocycles. The van der Waals surface area contributed by atoms with Crippen molar-refractivity contribution in [3.05, 3.63) is 69.8 Å². The van der Waals surface area contributed by atoms with Crippen LogP contribution in [0.3, 0.4) is 0 Å². The Labute approximate surface area is 171 Å². The van der Waals surface area contributed by atoms with Crippen molar-refractivity contribution in [2.45, 2.75) is 19.8 Å². The third-order valence-electron chi connectivity index (χ3n) is 4.35. The van der Waals surface area contributed by atoms with Crippen LogP contribution in [0, 0.1) is 17.0 Å². The van der Waals surface area contributed by atoms with Crippen LogP contribution in [-0.2, 0) is 11.2 Å². The molecule has 0 spiro atoms. The largest absolute Gasteiger partial charge is 0.329 e. The highest BCUT2D eigenvalue weighted by molar-refractivity contribution is 5.91. The fourth-order valence-corrected chi connectivity index (χ4v) is 2.82. The second-order valence-electron chi connectivity index (χ2n) is 6.42. The third-order valence-corrected chi connectivity index (χ3v) is 4.35. The maximum absolute atomic E-state index is 12.3. The van der Waals surface area contributed by atoms with E-state index in [0.717, 1.165) is 19.5 Å². The molecule has 0 aliphatic heterocycles. The number of rotatable bonds is 10. The molecule has 0 unspecified atom stereocenters. The molecule has 0 atom stereocenters. The lowest BCUT2D eigenvalue weighted by Crippen LogP contribution is -2.34. The van der Waals surface area contributed by atoms with Gasteiger partial charge in [0, 0.05) is 50.4 Å². The average Bonchev–Trinajstić information content (AvgIpc) is 2.66. The Hall–Kier alpha value is -2.48. The molecular formula is C20H27ClN4O3. The highest BCUT2D eigenvalue weighted by Gasteiger charge is 2.12. The summed E-state index contributed by atoms with van der Waals surface area (Å²) in [7, 11) is 0. The van der Waals surface area contributed by atoms with E-state index in [0.29, 0.717) is 30.8 Å². The molecule has 1 amide bonds. The van der Waals surface area contributed by atoms with Gasteiger partial charge in [0.2, 0.25) is 5.91 Å². The van der Waals surface area contributed by atoms with E-state index in [1.54, 1.807) is 13.0 Å². The highest BCUT2D eigenvalue weighted by Crippen LogP contribution is 2.21. The zero-order chi connectivity index (χ0) is 19.6. The standard InChI is InChI=1S/C20H26N4O3.ClH/c1-16-15-18(24(26)27)7-8-19(16)22-20(25)10-13-23(14-11-21)12-9-17-5-3-2-4-6-17;/h2-8,15H,9-14,21H2,1H3,(H,22,25);1H. The maximum Gasteiger partial charge on any atom is 0.269 e. The van der Waals surface area contributed by atoms with Crippen LogP contribution in [0.1, 0.15) is 17.5 Å². The van der Waals surface area contributed by atoms with Gasteiger partial charge in [-0.15, -0.1) is 12.4 Å². The number of anilines is 1. The van der Waals surface area contributed by atoms with Gasteiger partial charge >= 0.3 is 0 Å². The molecule has 0 bridgehead atoms. The van der Waals surface area contributed by atoms with E-state index >= 15 is 0 Å². The Morgan fingerprint density at radius 2 is 1.86 bits per heavy atom. The van der Waals surface area contributed by atoms with E-state index < -0.39 is 4.92 Å². The van der Waals surface area contributed by atoms with Gasteiger partial charge in [-0.1, -0.05) is 30.3 Å². The van der Waals surface area contributed by atoms with Crippen molar-refractivity contribution in [1.82, 2.24) is 4.90 Å². The molecule has 152 valence electrons. The van der Waals surface area contributed by atoms with E-state index in [9.17, 15) is 14.9 Å². The summed E-state index contributed by atoms with van der Waals surface area (Å²) in [6, 6.07) is 14.6. The molecule has 2 aromatic carbocycles. The average molecular weight is 407 g/mol. The first-order chi connectivity index (χ1) is 13.0. The van der Waals surface area contributed by atoms with Crippen molar-refractivity contribution >= 4 is 29.7 Å². The summed E-state index contributed by atoms with van der Waals surface area (Å²) in [4.78, 5) is 24.8. The zero-order valence-corrected chi connectivity index (χ0v) is 16.8. The van der Waals surface area contributed by atoms with Crippen molar-refractivity contribution in [1.29, 1.82) is 0 Å². The fourth-order valence-electron chi connectivity index (χ4n) is 2.82. The Morgan fingerprint density at radius 1 is 1.14 bits per heavy atom. The summed E-state index contributed by atoms with van der Waals surface area (Å²) < 4.78 is 0. The molecule has 0 saturated carbocycles. The maximum atomic E-state index is 12.3. The van der Waals surface area contributed by atoms with Crippen LogP contribution in [0.25, 0.3) is 0 Å². The number of nitro groups is 1. The molecule has 2 aromatic rings. The Morgan fingerprint density at radius 3 is 2.46 bits per heavy atom. The molecule has 0 fully saturated rings. The van der Waals surface area contributed by atoms with Gasteiger partial charge in [0.15, 0.2) is 0 Å². The summed E-state index contributed by atoms with van der Waals surface area (Å²) in [6.07, 6.45) is 1.25. The minimum Gasteiger partial charge on any atom is -0.329 e. The molecule has 0 saturated heterocycles. The molecular weight excluding hydrogens is 380 g/mol. The number of carbonyl (C=O) groups excluding carboxylic acids is 1. The van der Waals surface area contributed by atoms with Gasteiger partial charge in [-0.05, 0) is 30.5 Å². The number of hydrogen-bond acceptors (Lipinski definition) is 5. The third kappa shape index (κ3) is 7.64. The second kappa shape index (κ2) is 12.1. The second-order valence-corrected chi connectivity index (χ2v) is 6.42. The van der Waals surface area contributed by atoms with Gasteiger partial charge in [0.05, 0.1) is 4.92 Å². The van der Waals surface area contributed by atoms with Gasteiger partial charge in [-0.3, -0.25) is 14.9 Å². The quantitative estimate of drug-likeness (QED) is 0.466. The zero-order valence-electron chi connectivity index (χ0n) is 16.0. The topological polar surface area (TPSA) is 102 Å². The number of nitrogens with two attached hydrogens (primary N) is 1. The molecule has 0 heterocycles. The van der Waals surface area contributed by atoms with Crippen molar-refractivity contribution in [2.24, 2.45) is 5.73 Å². The predicted molar refractivity (Wildman–Crippen MR) is 114 cm³/mol. The van der Waals surface area contributed by atoms with Crippen molar-refractivity contribution in [3.63, 3.8) is 0 Å². The van der Waals surface area contributed by atoms with Crippen LogP contribution in [0.15, 0.2) is 48.5 Å². The summed E-state index contributed by atoms with van der Waals surface area (Å²) in [6.45, 7) is 4.46. The summed E-state index contributed by atoms with van der Waals surface area (Å²) in [5.74, 6) is -0.117. The SMILES string of the molecule is Cc1cc([N+](=O)[O-])ccc1NC(=O)CCN(CCN)CCc1ccccc1.Cl. The summed E-state index contributed by atoms with van der Waals surface area (Å²) in [5, 5.41) is 13.6. The fraction of sp³-hybridized carbons (Fsp3) is 0.350. The summed E-state index contributed by atoms with van der Waals surface area (Å²) in [5.41, 5.74) is 8.22. The van der Waals surface area contributed by atoms with Crippen molar-refractivity contribution < 1.29 is 9.72 Å². The lowest BCUT2D eigenvalue weighted by atomic mass is 10.1. The minimum atomic E-state index is -0.448. The van der Waals surface area contributed by atoms with E-state index in [-0.39, 0.29) is 24.0 Å².